The average molecular weight is 216 g/mol. The molecule has 0 radical (unpaired) electrons. The van der Waals surface area contributed by atoms with E-state index < -0.39 is 10.1 Å². The van der Waals surface area contributed by atoms with Crippen molar-refractivity contribution in [2.45, 2.75) is 38.5 Å². The quantitative estimate of drug-likeness (QED) is 0.575. The van der Waals surface area contributed by atoms with Crippen LogP contribution in [0.1, 0.15) is 27.2 Å². The fourth-order valence-electron chi connectivity index (χ4n) is 4.18. The van der Waals surface area contributed by atoms with Crippen LogP contribution in [0.2, 0.25) is 0 Å². The maximum atomic E-state index is 11.7. The standard InChI is InChI=1S/C10H16O3S/c1-5-6-4-7-8(10(6,2)3)9(5)13-14(7,11)12/h5-9H,4H2,1-3H3. The van der Waals surface area contributed by atoms with Crippen LogP contribution in [0.3, 0.4) is 0 Å². The fourth-order valence-corrected chi connectivity index (χ4v) is 6.24. The third-order valence-corrected chi connectivity index (χ3v) is 6.54. The second-order valence-corrected chi connectivity index (χ2v) is 7.42. The van der Waals surface area contributed by atoms with Crippen molar-refractivity contribution in [2.75, 3.05) is 0 Å². The molecule has 1 saturated heterocycles. The molecule has 0 aromatic carbocycles. The Morgan fingerprint density at radius 1 is 1.36 bits per heavy atom. The van der Waals surface area contributed by atoms with Crippen molar-refractivity contribution >= 4 is 10.1 Å². The van der Waals surface area contributed by atoms with Gasteiger partial charge in [-0.3, -0.25) is 4.18 Å². The lowest BCUT2D eigenvalue weighted by Gasteiger charge is -2.24. The van der Waals surface area contributed by atoms with Crippen molar-refractivity contribution < 1.29 is 12.6 Å². The maximum Gasteiger partial charge on any atom is 0.270 e. The highest BCUT2D eigenvalue weighted by molar-refractivity contribution is 7.87. The summed E-state index contributed by atoms with van der Waals surface area (Å²) >= 11 is 0. The van der Waals surface area contributed by atoms with Gasteiger partial charge in [-0.2, -0.15) is 8.42 Å². The van der Waals surface area contributed by atoms with Gasteiger partial charge in [-0.15, -0.1) is 0 Å². The molecule has 3 nitrogen and oxygen atoms in total. The summed E-state index contributed by atoms with van der Waals surface area (Å²) in [5.41, 5.74) is 0.151. The van der Waals surface area contributed by atoms with Crippen molar-refractivity contribution in [2.24, 2.45) is 23.2 Å². The van der Waals surface area contributed by atoms with Gasteiger partial charge in [0, 0.05) is 5.92 Å². The zero-order valence-electron chi connectivity index (χ0n) is 8.73. The molecule has 1 heterocycles. The summed E-state index contributed by atoms with van der Waals surface area (Å²) in [6.45, 7) is 6.53. The van der Waals surface area contributed by atoms with Crippen LogP contribution in [-0.4, -0.2) is 19.8 Å². The largest absolute Gasteiger partial charge is 0.270 e. The number of rotatable bonds is 0. The third-order valence-electron chi connectivity index (χ3n) is 4.82. The monoisotopic (exact) mass is 216 g/mol. The molecule has 0 spiro atoms. The predicted molar refractivity (Wildman–Crippen MR) is 52.1 cm³/mol. The van der Waals surface area contributed by atoms with Crippen LogP contribution in [0, 0.1) is 23.2 Å². The van der Waals surface area contributed by atoms with Gasteiger partial charge in [0.25, 0.3) is 10.1 Å². The van der Waals surface area contributed by atoms with Crippen molar-refractivity contribution in [3.05, 3.63) is 0 Å². The Kier molecular flexibility index (Phi) is 1.43. The minimum Gasteiger partial charge on any atom is -0.266 e. The predicted octanol–water partition coefficient (Wildman–Crippen LogP) is 1.40. The van der Waals surface area contributed by atoms with Gasteiger partial charge in [0.05, 0.1) is 11.4 Å². The molecule has 2 saturated carbocycles. The molecule has 3 rings (SSSR count). The Labute approximate surface area is 85.0 Å². The molecule has 2 bridgehead atoms. The Hall–Kier alpha value is -0.0900. The first-order valence-corrected chi connectivity index (χ1v) is 6.75. The zero-order valence-corrected chi connectivity index (χ0v) is 9.54. The Bertz CT molecular complexity index is 384. The van der Waals surface area contributed by atoms with E-state index in [0.717, 1.165) is 6.42 Å². The summed E-state index contributed by atoms with van der Waals surface area (Å²) in [7, 11) is -3.24. The van der Waals surface area contributed by atoms with E-state index in [9.17, 15) is 8.42 Å². The van der Waals surface area contributed by atoms with Crippen LogP contribution in [0.5, 0.6) is 0 Å². The van der Waals surface area contributed by atoms with E-state index in [-0.39, 0.29) is 22.7 Å². The minimum atomic E-state index is -3.24. The van der Waals surface area contributed by atoms with E-state index in [4.69, 9.17) is 4.18 Å². The van der Waals surface area contributed by atoms with Crippen molar-refractivity contribution in [3.8, 4) is 0 Å². The van der Waals surface area contributed by atoms with Gasteiger partial charge in [-0.1, -0.05) is 20.8 Å². The van der Waals surface area contributed by atoms with Gasteiger partial charge in [-0.25, -0.2) is 0 Å². The van der Waals surface area contributed by atoms with Crippen molar-refractivity contribution in [3.63, 3.8) is 0 Å². The van der Waals surface area contributed by atoms with E-state index in [2.05, 4.69) is 20.8 Å². The number of hydrogen-bond acceptors (Lipinski definition) is 3. The number of hydrogen-bond donors (Lipinski definition) is 0. The lowest BCUT2D eigenvalue weighted by molar-refractivity contribution is 0.137. The van der Waals surface area contributed by atoms with Gasteiger partial charge in [0.2, 0.25) is 0 Å². The van der Waals surface area contributed by atoms with Gasteiger partial charge >= 0.3 is 0 Å². The van der Waals surface area contributed by atoms with Crippen molar-refractivity contribution in [1.82, 2.24) is 0 Å². The first-order valence-electron chi connectivity index (χ1n) is 5.28. The van der Waals surface area contributed by atoms with Gasteiger partial charge < -0.3 is 0 Å². The second kappa shape index (κ2) is 2.19. The van der Waals surface area contributed by atoms with E-state index in [1.165, 1.54) is 0 Å². The van der Waals surface area contributed by atoms with E-state index >= 15 is 0 Å². The Morgan fingerprint density at radius 2 is 2.00 bits per heavy atom. The highest BCUT2D eigenvalue weighted by atomic mass is 32.2. The van der Waals surface area contributed by atoms with E-state index in [0.29, 0.717) is 11.8 Å². The molecule has 14 heavy (non-hydrogen) atoms. The molecule has 0 aromatic rings. The smallest absolute Gasteiger partial charge is 0.266 e. The van der Waals surface area contributed by atoms with E-state index in [1.807, 2.05) is 0 Å². The maximum absolute atomic E-state index is 11.7. The lowest BCUT2D eigenvalue weighted by atomic mass is 9.80. The minimum absolute atomic E-state index is 0.0289. The normalized spacial score (nSPS) is 56.6. The topological polar surface area (TPSA) is 43.4 Å². The molecule has 4 heteroatoms. The van der Waals surface area contributed by atoms with E-state index in [1.54, 1.807) is 0 Å². The second-order valence-electron chi connectivity index (χ2n) is 5.64. The third kappa shape index (κ3) is 0.770. The molecule has 0 amide bonds. The molecule has 1 aliphatic heterocycles. The highest BCUT2D eigenvalue weighted by Crippen LogP contribution is 2.66. The van der Waals surface area contributed by atoms with Crippen LogP contribution in [0.4, 0.5) is 0 Å². The molecule has 5 atom stereocenters. The Morgan fingerprint density at radius 3 is 2.50 bits per heavy atom. The molecular formula is C10H16O3S. The molecule has 0 N–H and O–H groups in total. The molecular weight excluding hydrogens is 200 g/mol. The summed E-state index contributed by atoms with van der Waals surface area (Å²) in [6, 6.07) is 0. The summed E-state index contributed by atoms with van der Waals surface area (Å²) in [5.74, 6) is 1.18. The molecule has 2 aliphatic carbocycles. The molecule has 5 unspecified atom stereocenters. The van der Waals surface area contributed by atoms with Gasteiger partial charge in [0.1, 0.15) is 0 Å². The van der Waals surface area contributed by atoms with Crippen LogP contribution >= 0.6 is 0 Å². The molecule has 3 aliphatic rings. The first kappa shape index (κ1) is 9.16. The molecule has 0 aromatic heterocycles. The van der Waals surface area contributed by atoms with Crippen LogP contribution < -0.4 is 0 Å². The van der Waals surface area contributed by atoms with Crippen LogP contribution in [0.25, 0.3) is 0 Å². The summed E-state index contributed by atoms with van der Waals surface area (Å²) < 4.78 is 28.6. The average Bonchev–Trinajstić information content (AvgIpc) is 2.49. The highest BCUT2D eigenvalue weighted by Gasteiger charge is 2.70. The van der Waals surface area contributed by atoms with Crippen molar-refractivity contribution in [1.29, 1.82) is 0 Å². The van der Waals surface area contributed by atoms with Crippen LogP contribution in [0.15, 0.2) is 0 Å². The lowest BCUT2D eigenvalue weighted by Crippen LogP contribution is -2.28. The SMILES string of the molecule is CC1C2OS(=O)(=O)C3CC1C(C)(C)C23. The summed E-state index contributed by atoms with van der Waals surface area (Å²) in [4.78, 5) is 0. The van der Waals surface area contributed by atoms with Gasteiger partial charge in [0.15, 0.2) is 0 Å². The zero-order chi connectivity index (χ0) is 10.3. The summed E-state index contributed by atoms with van der Waals surface area (Å²) in [6.07, 6.45) is 0.788. The fraction of sp³-hybridized carbons (Fsp3) is 1.00. The first-order chi connectivity index (χ1) is 6.36. The van der Waals surface area contributed by atoms with Crippen LogP contribution in [-0.2, 0) is 14.3 Å². The Balaban J connectivity index is 2.16. The molecule has 80 valence electrons. The number of fused-ring (bicyclic) bond motifs is 1. The molecule has 3 fully saturated rings. The summed E-state index contributed by atoms with van der Waals surface area (Å²) in [5, 5.41) is -0.205. The van der Waals surface area contributed by atoms with Gasteiger partial charge in [-0.05, 0) is 23.7 Å².